The lowest BCUT2D eigenvalue weighted by Gasteiger charge is -2.10. The molecule has 26 heavy (non-hydrogen) atoms. The number of nitrogens with two attached hydrogens (primary N) is 1. The lowest BCUT2D eigenvalue weighted by Crippen LogP contribution is -2.32. The lowest BCUT2D eigenvalue weighted by molar-refractivity contribution is 0.705. The van der Waals surface area contributed by atoms with Gasteiger partial charge in [-0.2, -0.15) is 4.68 Å². The van der Waals surface area contributed by atoms with Gasteiger partial charge in [-0.05, 0) is 49.6 Å². The van der Waals surface area contributed by atoms with Crippen molar-refractivity contribution in [2.45, 2.75) is 31.7 Å². The van der Waals surface area contributed by atoms with Crippen LogP contribution in [-0.4, -0.2) is 14.9 Å². The van der Waals surface area contributed by atoms with Crippen LogP contribution in [0.3, 0.4) is 0 Å². The third kappa shape index (κ3) is 4.05. The van der Waals surface area contributed by atoms with Gasteiger partial charge in [0.05, 0.1) is 0 Å². The zero-order valence-corrected chi connectivity index (χ0v) is 15.8. The van der Waals surface area contributed by atoms with E-state index in [1.807, 2.05) is 57.2 Å². The van der Waals surface area contributed by atoms with E-state index in [2.05, 4.69) is 21.6 Å². The van der Waals surface area contributed by atoms with Crippen molar-refractivity contribution in [1.29, 1.82) is 0 Å². The number of aromatic nitrogens is 3. The molecule has 0 saturated heterocycles. The molecule has 0 aliphatic carbocycles. The molecular formula is C19H21N5OS. The van der Waals surface area contributed by atoms with Crippen LogP contribution in [0.2, 0.25) is 0 Å². The number of nitrogens with one attached hydrogen (secondary N) is 1. The summed E-state index contributed by atoms with van der Waals surface area (Å²) in [5, 5.41) is 11.5. The highest BCUT2D eigenvalue weighted by Crippen LogP contribution is 2.20. The number of rotatable bonds is 5. The van der Waals surface area contributed by atoms with Crippen molar-refractivity contribution < 1.29 is 0 Å². The maximum Gasteiger partial charge on any atom is 0.315 e. The summed E-state index contributed by atoms with van der Waals surface area (Å²) in [6.07, 6.45) is 0. The number of anilines is 2. The summed E-state index contributed by atoms with van der Waals surface area (Å²) in [5.74, 6) is 6.70. The Morgan fingerprint density at radius 1 is 1.08 bits per heavy atom. The summed E-state index contributed by atoms with van der Waals surface area (Å²) in [5.41, 5.74) is 5.00. The van der Waals surface area contributed by atoms with Gasteiger partial charge in [0.2, 0.25) is 11.0 Å². The van der Waals surface area contributed by atoms with Gasteiger partial charge in [0.25, 0.3) is 0 Å². The van der Waals surface area contributed by atoms with Gasteiger partial charge in [-0.15, -0.1) is 10.2 Å². The van der Waals surface area contributed by atoms with Crippen molar-refractivity contribution in [2.75, 3.05) is 11.2 Å². The minimum Gasteiger partial charge on any atom is -0.334 e. The fourth-order valence-electron chi connectivity index (χ4n) is 2.47. The van der Waals surface area contributed by atoms with E-state index in [0.717, 1.165) is 21.5 Å². The van der Waals surface area contributed by atoms with Gasteiger partial charge in [-0.25, -0.2) is 0 Å². The average Bonchev–Trinajstić information content (AvgIpc) is 2.61. The Hall–Kier alpha value is -2.80. The Morgan fingerprint density at radius 3 is 2.62 bits per heavy atom. The molecule has 3 rings (SSSR count). The molecule has 1 heterocycles. The molecule has 1 aromatic heterocycles. The number of benzene rings is 2. The van der Waals surface area contributed by atoms with Gasteiger partial charge in [0.15, 0.2) is 0 Å². The molecule has 0 bridgehead atoms. The Kier molecular flexibility index (Phi) is 5.27. The topological polar surface area (TPSA) is 85.8 Å². The zero-order valence-electron chi connectivity index (χ0n) is 15.0. The summed E-state index contributed by atoms with van der Waals surface area (Å²) >= 11 is 1.38. The standard InChI is InChI=1S/C19H21N5OS/c1-12-5-4-6-15(9-12)11-26-19-23-22-17(18(25)24(19)20)21-16-8-7-13(2)14(3)10-16/h4-10H,11,20H2,1-3H3,(H,21,22). The van der Waals surface area contributed by atoms with Gasteiger partial charge in [-0.1, -0.05) is 47.7 Å². The van der Waals surface area contributed by atoms with Crippen molar-refractivity contribution in [3.63, 3.8) is 0 Å². The van der Waals surface area contributed by atoms with E-state index in [-0.39, 0.29) is 5.82 Å². The number of thioether (sulfide) groups is 1. The largest absolute Gasteiger partial charge is 0.334 e. The van der Waals surface area contributed by atoms with E-state index in [0.29, 0.717) is 10.9 Å². The number of hydrogen-bond acceptors (Lipinski definition) is 6. The molecule has 0 amide bonds. The highest BCUT2D eigenvalue weighted by atomic mass is 32.2. The molecule has 134 valence electrons. The fraction of sp³-hybridized carbons (Fsp3) is 0.211. The molecule has 0 fully saturated rings. The average molecular weight is 367 g/mol. The fourth-order valence-corrected chi connectivity index (χ4v) is 3.26. The highest BCUT2D eigenvalue weighted by molar-refractivity contribution is 7.98. The first kappa shape index (κ1) is 18.0. The number of nitrogens with zero attached hydrogens (tertiary/aromatic N) is 3. The third-order valence-corrected chi connectivity index (χ3v) is 5.10. The summed E-state index contributed by atoms with van der Waals surface area (Å²) in [6.45, 7) is 6.09. The lowest BCUT2D eigenvalue weighted by atomic mass is 10.1. The Labute approximate surface area is 156 Å². The first-order valence-corrected chi connectivity index (χ1v) is 9.20. The second-order valence-electron chi connectivity index (χ2n) is 6.21. The first-order valence-electron chi connectivity index (χ1n) is 8.21. The maximum absolute atomic E-state index is 12.5. The third-order valence-electron chi connectivity index (χ3n) is 4.08. The monoisotopic (exact) mass is 367 g/mol. The predicted octanol–water partition coefficient (Wildman–Crippen LogP) is 3.31. The number of hydrogen-bond donors (Lipinski definition) is 2. The van der Waals surface area contributed by atoms with Gasteiger partial charge >= 0.3 is 5.56 Å². The summed E-state index contributed by atoms with van der Waals surface area (Å²) in [7, 11) is 0. The molecule has 0 unspecified atom stereocenters. The molecule has 0 atom stereocenters. The van der Waals surface area contributed by atoms with Gasteiger partial charge in [0.1, 0.15) is 0 Å². The minimum absolute atomic E-state index is 0.107. The van der Waals surface area contributed by atoms with E-state index in [1.54, 1.807) is 0 Å². The van der Waals surface area contributed by atoms with Crippen LogP contribution in [0.4, 0.5) is 11.5 Å². The quantitative estimate of drug-likeness (QED) is 0.531. The van der Waals surface area contributed by atoms with Crippen molar-refractivity contribution in [3.8, 4) is 0 Å². The molecule has 3 aromatic rings. The minimum atomic E-state index is -0.412. The predicted molar refractivity (Wildman–Crippen MR) is 106 cm³/mol. The molecule has 0 aliphatic heterocycles. The van der Waals surface area contributed by atoms with Crippen LogP contribution in [0.5, 0.6) is 0 Å². The highest BCUT2D eigenvalue weighted by Gasteiger charge is 2.11. The van der Waals surface area contributed by atoms with Crippen molar-refractivity contribution in [2.24, 2.45) is 0 Å². The number of nitrogen functional groups attached to an aromatic ring is 1. The van der Waals surface area contributed by atoms with Crippen LogP contribution in [-0.2, 0) is 5.75 Å². The zero-order chi connectivity index (χ0) is 18.7. The summed E-state index contributed by atoms with van der Waals surface area (Å²) < 4.78 is 1.04. The van der Waals surface area contributed by atoms with E-state index < -0.39 is 5.56 Å². The molecular weight excluding hydrogens is 346 g/mol. The van der Waals surface area contributed by atoms with E-state index in [4.69, 9.17) is 5.84 Å². The van der Waals surface area contributed by atoms with E-state index in [1.165, 1.54) is 22.9 Å². The van der Waals surface area contributed by atoms with Gasteiger partial charge < -0.3 is 11.2 Å². The Balaban J connectivity index is 1.77. The molecule has 0 aliphatic rings. The molecule has 6 nitrogen and oxygen atoms in total. The SMILES string of the molecule is Cc1cccc(CSc2nnc(Nc3ccc(C)c(C)c3)c(=O)n2N)c1. The normalized spacial score (nSPS) is 10.7. The Bertz CT molecular complexity index is 999. The second kappa shape index (κ2) is 7.61. The molecule has 2 aromatic carbocycles. The van der Waals surface area contributed by atoms with E-state index in [9.17, 15) is 4.79 Å². The Morgan fingerprint density at radius 2 is 1.88 bits per heavy atom. The van der Waals surface area contributed by atoms with Crippen LogP contribution in [0.25, 0.3) is 0 Å². The molecule has 0 radical (unpaired) electrons. The van der Waals surface area contributed by atoms with Crippen molar-refractivity contribution in [1.82, 2.24) is 14.9 Å². The van der Waals surface area contributed by atoms with Crippen LogP contribution in [0.15, 0.2) is 52.4 Å². The van der Waals surface area contributed by atoms with Crippen LogP contribution < -0.4 is 16.7 Å². The van der Waals surface area contributed by atoms with Crippen molar-refractivity contribution >= 4 is 23.3 Å². The first-order chi connectivity index (χ1) is 12.4. The molecule has 0 saturated carbocycles. The smallest absolute Gasteiger partial charge is 0.315 e. The summed E-state index contributed by atoms with van der Waals surface area (Å²) in [4.78, 5) is 12.5. The molecule has 0 spiro atoms. The van der Waals surface area contributed by atoms with Crippen molar-refractivity contribution in [3.05, 3.63) is 75.1 Å². The van der Waals surface area contributed by atoms with Gasteiger partial charge in [-0.3, -0.25) is 4.79 Å². The van der Waals surface area contributed by atoms with Crippen LogP contribution in [0, 0.1) is 20.8 Å². The second-order valence-corrected chi connectivity index (χ2v) is 7.15. The van der Waals surface area contributed by atoms with E-state index >= 15 is 0 Å². The molecule has 3 N–H and O–H groups in total. The molecule has 7 heteroatoms. The number of aryl methyl sites for hydroxylation is 3. The van der Waals surface area contributed by atoms with Crippen LogP contribution in [0.1, 0.15) is 22.3 Å². The summed E-state index contributed by atoms with van der Waals surface area (Å²) in [6, 6.07) is 14.0. The van der Waals surface area contributed by atoms with Crippen LogP contribution >= 0.6 is 11.8 Å². The maximum atomic E-state index is 12.5. The van der Waals surface area contributed by atoms with Gasteiger partial charge in [0, 0.05) is 11.4 Å².